The van der Waals surface area contributed by atoms with Gasteiger partial charge in [-0.05, 0) is 28.3 Å². The largest absolute Gasteiger partial charge is 0.390 e. The molecule has 0 aliphatic rings. The molecule has 0 aromatic carbocycles. The van der Waals surface area contributed by atoms with Crippen molar-refractivity contribution in [2.45, 2.75) is 45.3 Å². The topological polar surface area (TPSA) is 40.5 Å². The molecule has 1 rings (SSSR count). The average molecular weight is 228 g/mol. The molecule has 0 aliphatic carbocycles. The first kappa shape index (κ1) is 12.7. The first-order chi connectivity index (χ1) is 7.19. The second-order valence-corrected chi connectivity index (χ2v) is 4.75. The van der Waals surface area contributed by atoms with Gasteiger partial charge in [0, 0.05) is 6.42 Å². The minimum absolute atomic E-state index is 0.207. The van der Waals surface area contributed by atoms with Crippen molar-refractivity contribution in [3.8, 4) is 0 Å². The molecule has 15 heavy (non-hydrogen) atoms. The molecule has 0 radical (unpaired) electrons. The molecule has 0 fully saturated rings. The normalized spacial score (nSPS) is 15.5. The van der Waals surface area contributed by atoms with Crippen LogP contribution in [-0.2, 0) is 6.42 Å². The van der Waals surface area contributed by atoms with E-state index in [0.29, 0.717) is 6.42 Å². The number of rotatable bonds is 6. The van der Waals surface area contributed by atoms with Crippen molar-refractivity contribution in [2.75, 3.05) is 0 Å². The van der Waals surface area contributed by atoms with Crippen molar-refractivity contribution < 1.29 is 10.2 Å². The van der Waals surface area contributed by atoms with Crippen LogP contribution >= 0.6 is 11.3 Å². The summed E-state index contributed by atoms with van der Waals surface area (Å²) in [7, 11) is 0. The van der Waals surface area contributed by atoms with Crippen LogP contribution in [-0.4, -0.2) is 22.4 Å². The third-order valence-corrected chi connectivity index (χ3v) is 3.68. The standard InChI is InChI=1S/C12H20O2S/c1-3-10(4-2)12(14)11(13)7-9-5-6-15-8-9/h5-6,8,10-14H,3-4,7H2,1-2H3. The number of thiophene rings is 1. The van der Waals surface area contributed by atoms with Gasteiger partial charge in [-0.3, -0.25) is 0 Å². The van der Waals surface area contributed by atoms with Crippen LogP contribution in [0.1, 0.15) is 32.3 Å². The fraction of sp³-hybridized carbons (Fsp3) is 0.667. The molecule has 2 nitrogen and oxygen atoms in total. The Kier molecular flexibility index (Phi) is 5.29. The molecular formula is C12H20O2S. The fourth-order valence-corrected chi connectivity index (χ4v) is 2.54. The lowest BCUT2D eigenvalue weighted by molar-refractivity contribution is -0.0187. The van der Waals surface area contributed by atoms with E-state index in [2.05, 4.69) is 13.8 Å². The summed E-state index contributed by atoms with van der Waals surface area (Å²) in [5.74, 6) is 0.207. The minimum Gasteiger partial charge on any atom is -0.390 e. The molecular weight excluding hydrogens is 208 g/mol. The Morgan fingerprint density at radius 2 is 1.93 bits per heavy atom. The van der Waals surface area contributed by atoms with E-state index in [0.717, 1.165) is 18.4 Å². The molecule has 0 amide bonds. The van der Waals surface area contributed by atoms with Gasteiger partial charge in [-0.1, -0.05) is 26.7 Å². The van der Waals surface area contributed by atoms with E-state index in [9.17, 15) is 10.2 Å². The Balaban J connectivity index is 2.48. The quantitative estimate of drug-likeness (QED) is 0.785. The summed E-state index contributed by atoms with van der Waals surface area (Å²) in [5, 5.41) is 23.8. The lowest BCUT2D eigenvalue weighted by atomic mass is 9.90. The first-order valence-corrected chi connectivity index (χ1v) is 6.50. The van der Waals surface area contributed by atoms with Gasteiger partial charge in [0.05, 0.1) is 12.2 Å². The van der Waals surface area contributed by atoms with Gasteiger partial charge in [0.15, 0.2) is 0 Å². The second-order valence-electron chi connectivity index (χ2n) is 3.97. The van der Waals surface area contributed by atoms with Crippen molar-refractivity contribution >= 4 is 11.3 Å². The Morgan fingerprint density at radius 1 is 1.27 bits per heavy atom. The number of hydrogen-bond donors (Lipinski definition) is 2. The van der Waals surface area contributed by atoms with Crippen molar-refractivity contribution in [1.82, 2.24) is 0 Å². The van der Waals surface area contributed by atoms with Gasteiger partial charge in [0.25, 0.3) is 0 Å². The summed E-state index contributed by atoms with van der Waals surface area (Å²) < 4.78 is 0. The minimum atomic E-state index is -0.635. The van der Waals surface area contributed by atoms with E-state index in [1.165, 1.54) is 0 Å². The Labute approximate surface area is 95.6 Å². The van der Waals surface area contributed by atoms with Gasteiger partial charge >= 0.3 is 0 Å². The van der Waals surface area contributed by atoms with Crippen molar-refractivity contribution in [2.24, 2.45) is 5.92 Å². The van der Waals surface area contributed by atoms with Gasteiger partial charge in [-0.15, -0.1) is 0 Å². The highest BCUT2D eigenvalue weighted by Gasteiger charge is 2.23. The van der Waals surface area contributed by atoms with Crippen molar-refractivity contribution in [3.63, 3.8) is 0 Å². The number of aliphatic hydroxyl groups excluding tert-OH is 2. The Morgan fingerprint density at radius 3 is 2.40 bits per heavy atom. The molecule has 1 heterocycles. The maximum Gasteiger partial charge on any atom is 0.0842 e. The third kappa shape index (κ3) is 3.59. The molecule has 0 saturated carbocycles. The average Bonchev–Trinajstić information content (AvgIpc) is 2.72. The van der Waals surface area contributed by atoms with Crippen molar-refractivity contribution in [3.05, 3.63) is 22.4 Å². The summed E-state index contributed by atoms with van der Waals surface area (Å²) in [6.45, 7) is 4.10. The van der Waals surface area contributed by atoms with Crippen molar-refractivity contribution in [1.29, 1.82) is 0 Å². The van der Waals surface area contributed by atoms with Crippen LogP contribution in [0.5, 0.6) is 0 Å². The van der Waals surface area contributed by atoms with Gasteiger partial charge in [0.1, 0.15) is 0 Å². The monoisotopic (exact) mass is 228 g/mol. The van der Waals surface area contributed by atoms with E-state index in [1.807, 2.05) is 16.8 Å². The molecule has 1 aromatic heterocycles. The van der Waals surface area contributed by atoms with Gasteiger partial charge in [0.2, 0.25) is 0 Å². The van der Waals surface area contributed by atoms with E-state index in [1.54, 1.807) is 11.3 Å². The third-order valence-electron chi connectivity index (χ3n) is 2.95. The summed E-state index contributed by atoms with van der Waals surface area (Å²) in [6.07, 6.45) is 1.15. The zero-order valence-electron chi connectivity index (χ0n) is 9.39. The SMILES string of the molecule is CCC(CC)C(O)C(O)Cc1ccsc1. The molecule has 86 valence electrons. The van der Waals surface area contributed by atoms with E-state index in [4.69, 9.17) is 0 Å². The van der Waals surface area contributed by atoms with Crippen LogP contribution in [0.3, 0.4) is 0 Å². The summed E-state index contributed by atoms with van der Waals surface area (Å²) in [4.78, 5) is 0. The lowest BCUT2D eigenvalue weighted by Gasteiger charge is -2.24. The van der Waals surface area contributed by atoms with Gasteiger partial charge in [-0.2, -0.15) is 11.3 Å². The van der Waals surface area contributed by atoms with Gasteiger partial charge < -0.3 is 10.2 Å². The molecule has 2 unspecified atom stereocenters. The molecule has 1 aromatic rings. The van der Waals surface area contributed by atoms with Crippen LogP contribution in [0.15, 0.2) is 16.8 Å². The van der Waals surface area contributed by atoms with E-state index < -0.39 is 12.2 Å². The smallest absolute Gasteiger partial charge is 0.0842 e. The van der Waals surface area contributed by atoms with Crippen LogP contribution in [0.4, 0.5) is 0 Å². The molecule has 3 heteroatoms. The zero-order valence-corrected chi connectivity index (χ0v) is 10.2. The van der Waals surface area contributed by atoms with E-state index in [-0.39, 0.29) is 5.92 Å². The maximum absolute atomic E-state index is 9.93. The van der Waals surface area contributed by atoms with Gasteiger partial charge in [-0.25, -0.2) is 0 Å². The van der Waals surface area contributed by atoms with Crippen LogP contribution in [0.25, 0.3) is 0 Å². The lowest BCUT2D eigenvalue weighted by Crippen LogP contribution is -2.34. The van der Waals surface area contributed by atoms with E-state index >= 15 is 0 Å². The highest BCUT2D eigenvalue weighted by atomic mass is 32.1. The Hall–Kier alpha value is -0.380. The predicted molar refractivity (Wildman–Crippen MR) is 64.1 cm³/mol. The summed E-state index contributed by atoms with van der Waals surface area (Å²) >= 11 is 1.62. The van der Waals surface area contributed by atoms with Crippen LogP contribution < -0.4 is 0 Å². The molecule has 0 bridgehead atoms. The van der Waals surface area contributed by atoms with Crippen LogP contribution in [0.2, 0.25) is 0 Å². The molecule has 2 atom stereocenters. The number of hydrogen-bond acceptors (Lipinski definition) is 3. The second kappa shape index (κ2) is 6.26. The number of aliphatic hydroxyl groups is 2. The molecule has 2 N–H and O–H groups in total. The molecule has 0 spiro atoms. The molecule has 0 aliphatic heterocycles. The summed E-state index contributed by atoms with van der Waals surface area (Å²) in [5.41, 5.74) is 1.11. The predicted octanol–water partition coefficient (Wildman–Crippen LogP) is 2.45. The fourth-order valence-electron chi connectivity index (χ4n) is 1.86. The zero-order chi connectivity index (χ0) is 11.3. The van der Waals surface area contributed by atoms with Crippen LogP contribution in [0, 0.1) is 5.92 Å². The maximum atomic E-state index is 9.93. The molecule has 0 saturated heterocycles. The highest BCUT2D eigenvalue weighted by molar-refractivity contribution is 7.07. The Bertz CT molecular complexity index is 255. The summed E-state index contributed by atoms with van der Waals surface area (Å²) in [6, 6.07) is 1.99. The highest BCUT2D eigenvalue weighted by Crippen LogP contribution is 2.19. The first-order valence-electron chi connectivity index (χ1n) is 5.56.